The molecule has 4 aromatic rings. The van der Waals surface area contributed by atoms with Crippen LogP contribution in [0.25, 0.3) is 10.8 Å². The van der Waals surface area contributed by atoms with Gasteiger partial charge in [0.1, 0.15) is 24.0 Å². The maximum Gasteiger partial charge on any atom is 0.231 e. The van der Waals surface area contributed by atoms with Gasteiger partial charge in [-0.1, -0.05) is 42.5 Å². The lowest BCUT2D eigenvalue weighted by atomic mass is 9.83. The Kier molecular flexibility index (Phi) is 5.93. The molecule has 37 heavy (non-hydrogen) atoms. The van der Waals surface area contributed by atoms with Crippen LogP contribution in [-0.4, -0.2) is 13.9 Å². The number of halogens is 1. The molecular formula is C29H21IN2O5. The zero-order chi connectivity index (χ0) is 25.5. The highest BCUT2D eigenvalue weighted by Crippen LogP contribution is 2.49. The molecule has 0 aliphatic carbocycles. The summed E-state index contributed by atoms with van der Waals surface area (Å²) in [6, 6.07) is 24.1. The van der Waals surface area contributed by atoms with Gasteiger partial charge in [0.15, 0.2) is 23.0 Å². The van der Waals surface area contributed by atoms with Crippen LogP contribution >= 0.6 is 22.6 Å². The first-order valence-electron chi connectivity index (χ1n) is 11.6. The first-order valence-corrected chi connectivity index (χ1v) is 12.6. The summed E-state index contributed by atoms with van der Waals surface area (Å²) < 4.78 is 29.8. The Hall–Kier alpha value is -4.10. The van der Waals surface area contributed by atoms with E-state index in [1.165, 1.54) is 0 Å². The average Bonchev–Trinajstić information content (AvgIpc) is 3.37. The van der Waals surface area contributed by atoms with Crippen molar-refractivity contribution < 1.29 is 23.7 Å². The number of benzene rings is 4. The van der Waals surface area contributed by atoms with E-state index in [0.29, 0.717) is 40.9 Å². The van der Waals surface area contributed by atoms with Crippen LogP contribution in [0.5, 0.6) is 28.7 Å². The number of ether oxygens (including phenoxy) is 5. The molecule has 0 aromatic heterocycles. The van der Waals surface area contributed by atoms with E-state index in [4.69, 9.17) is 29.4 Å². The van der Waals surface area contributed by atoms with Crippen molar-refractivity contribution in [2.45, 2.75) is 12.5 Å². The van der Waals surface area contributed by atoms with Gasteiger partial charge in [0.05, 0.1) is 16.6 Å². The van der Waals surface area contributed by atoms with E-state index in [1.807, 2.05) is 36.4 Å². The molecule has 0 saturated carbocycles. The fraction of sp³-hybridized carbons (Fsp3) is 0.138. The number of nitriles is 1. The van der Waals surface area contributed by atoms with Gasteiger partial charge in [-0.2, -0.15) is 5.26 Å². The molecule has 8 heteroatoms. The zero-order valence-corrected chi connectivity index (χ0v) is 21.9. The monoisotopic (exact) mass is 604 g/mol. The minimum absolute atomic E-state index is 0.0594. The van der Waals surface area contributed by atoms with Crippen molar-refractivity contribution in [2.75, 3.05) is 13.9 Å². The third kappa shape index (κ3) is 4.05. The standard InChI is InChI=1S/C29H21IN2O5/c1-33-26-10-18(9-22(30)28(26)34-14-17-7-4-6-16-5-2-3-8-19(16)17)27-20-11-24-25(36-15-35-24)12-23(20)37-29(32)21(27)13-31/h2-12,27H,14-15,32H2,1H3/t27-/m0/s1. The van der Waals surface area contributed by atoms with E-state index in [1.54, 1.807) is 13.2 Å². The zero-order valence-electron chi connectivity index (χ0n) is 19.8. The van der Waals surface area contributed by atoms with Gasteiger partial charge in [-0.15, -0.1) is 0 Å². The van der Waals surface area contributed by atoms with Crippen LogP contribution in [0.2, 0.25) is 0 Å². The Morgan fingerprint density at radius 3 is 2.62 bits per heavy atom. The van der Waals surface area contributed by atoms with Crippen LogP contribution in [-0.2, 0) is 6.61 Å². The highest BCUT2D eigenvalue weighted by molar-refractivity contribution is 14.1. The number of nitrogens with two attached hydrogens (primary N) is 1. The van der Waals surface area contributed by atoms with Gasteiger partial charge in [-0.3, -0.25) is 0 Å². The largest absolute Gasteiger partial charge is 0.493 e. The Bertz CT molecular complexity index is 1620. The van der Waals surface area contributed by atoms with Crippen molar-refractivity contribution in [2.24, 2.45) is 5.73 Å². The van der Waals surface area contributed by atoms with E-state index in [-0.39, 0.29) is 12.7 Å². The van der Waals surface area contributed by atoms with Crippen LogP contribution in [0.4, 0.5) is 0 Å². The quantitative estimate of drug-likeness (QED) is 0.280. The fourth-order valence-electron chi connectivity index (χ4n) is 4.80. The molecule has 0 bridgehead atoms. The topological polar surface area (TPSA) is 96.0 Å². The van der Waals surface area contributed by atoms with Gasteiger partial charge in [-0.05, 0) is 62.7 Å². The molecule has 2 N–H and O–H groups in total. The van der Waals surface area contributed by atoms with Crippen molar-refractivity contribution in [1.29, 1.82) is 5.26 Å². The van der Waals surface area contributed by atoms with E-state index in [2.05, 4.69) is 52.9 Å². The lowest BCUT2D eigenvalue weighted by Crippen LogP contribution is -2.21. The molecule has 7 nitrogen and oxygen atoms in total. The van der Waals surface area contributed by atoms with Crippen LogP contribution in [0.1, 0.15) is 22.6 Å². The van der Waals surface area contributed by atoms with Crippen molar-refractivity contribution >= 4 is 33.4 Å². The van der Waals surface area contributed by atoms with Crippen LogP contribution < -0.4 is 29.4 Å². The maximum absolute atomic E-state index is 9.98. The third-order valence-corrected chi connectivity index (χ3v) is 7.35. The molecule has 0 saturated heterocycles. The predicted molar refractivity (Wildman–Crippen MR) is 146 cm³/mol. The minimum atomic E-state index is -0.474. The predicted octanol–water partition coefficient (Wildman–Crippen LogP) is 5.98. The maximum atomic E-state index is 9.98. The summed E-state index contributed by atoms with van der Waals surface area (Å²) in [7, 11) is 1.60. The van der Waals surface area contributed by atoms with Crippen molar-refractivity contribution in [3.63, 3.8) is 0 Å². The molecule has 2 aliphatic heterocycles. The number of fused-ring (bicyclic) bond motifs is 3. The number of hydrogen-bond donors (Lipinski definition) is 1. The van der Waals surface area contributed by atoms with Gasteiger partial charge in [0.2, 0.25) is 12.7 Å². The van der Waals surface area contributed by atoms with Gasteiger partial charge in [0.25, 0.3) is 0 Å². The summed E-state index contributed by atoms with van der Waals surface area (Å²) in [5.74, 6) is 2.48. The molecule has 0 radical (unpaired) electrons. The number of hydrogen-bond acceptors (Lipinski definition) is 7. The molecule has 184 valence electrons. The van der Waals surface area contributed by atoms with Crippen LogP contribution in [0, 0.1) is 14.9 Å². The molecule has 0 fully saturated rings. The molecule has 1 atom stereocenters. The minimum Gasteiger partial charge on any atom is -0.493 e. The van der Waals surface area contributed by atoms with Gasteiger partial charge in [0, 0.05) is 11.6 Å². The number of allylic oxidation sites excluding steroid dienone is 1. The lowest BCUT2D eigenvalue weighted by Gasteiger charge is -2.27. The third-order valence-electron chi connectivity index (χ3n) is 6.55. The van der Waals surface area contributed by atoms with E-state index in [9.17, 15) is 5.26 Å². The smallest absolute Gasteiger partial charge is 0.231 e. The first-order chi connectivity index (χ1) is 18.1. The summed E-state index contributed by atoms with van der Waals surface area (Å²) in [5.41, 5.74) is 9.15. The molecule has 2 aliphatic rings. The second-order valence-electron chi connectivity index (χ2n) is 8.63. The van der Waals surface area contributed by atoms with E-state index in [0.717, 1.165) is 31.0 Å². The molecule has 2 heterocycles. The Balaban J connectivity index is 1.39. The second-order valence-corrected chi connectivity index (χ2v) is 9.79. The number of nitrogens with zero attached hydrogens (tertiary/aromatic N) is 1. The van der Waals surface area contributed by atoms with Gasteiger partial charge < -0.3 is 29.4 Å². The van der Waals surface area contributed by atoms with Crippen molar-refractivity contribution in [3.05, 3.63) is 98.4 Å². The molecule has 6 rings (SSSR count). The SMILES string of the molecule is COc1cc([C@@H]2C(C#N)=C(N)Oc3cc4c(cc32)OCO4)cc(I)c1OCc1cccc2ccccc12. The lowest BCUT2D eigenvalue weighted by molar-refractivity contribution is 0.174. The summed E-state index contributed by atoms with van der Waals surface area (Å²) in [6.07, 6.45) is 0. The Labute approximate surface area is 227 Å². The van der Waals surface area contributed by atoms with E-state index < -0.39 is 5.92 Å². The average molecular weight is 604 g/mol. The molecule has 4 aromatic carbocycles. The normalized spacial score (nSPS) is 15.6. The highest BCUT2D eigenvalue weighted by atomic mass is 127. The van der Waals surface area contributed by atoms with E-state index >= 15 is 0 Å². The summed E-state index contributed by atoms with van der Waals surface area (Å²) in [5, 5.41) is 12.3. The van der Waals surface area contributed by atoms with Crippen molar-refractivity contribution in [3.8, 4) is 34.8 Å². The first kappa shape index (κ1) is 23.3. The van der Waals surface area contributed by atoms with Crippen molar-refractivity contribution in [1.82, 2.24) is 0 Å². The van der Waals surface area contributed by atoms with Gasteiger partial charge >= 0.3 is 0 Å². The summed E-state index contributed by atoms with van der Waals surface area (Å²) in [4.78, 5) is 0. The van der Waals surface area contributed by atoms with Gasteiger partial charge in [-0.25, -0.2) is 0 Å². The molecule has 0 spiro atoms. The molecular weight excluding hydrogens is 583 g/mol. The molecule has 0 amide bonds. The van der Waals surface area contributed by atoms with Crippen LogP contribution in [0.3, 0.4) is 0 Å². The summed E-state index contributed by atoms with van der Waals surface area (Å²) in [6.45, 7) is 0.512. The number of methoxy groups -OCH3 is 1. The Morgan fingerprint density at radius 2 is 1.81 bits per heavy atom. The fourth-order valence-corrected chi connectivity index (χ4v) is 5.59. The number of rotatable bonds is 5. The molecule has 0 unspecified atom stereocenters. The second kappa shape index (κ2) is 9.41. The highest BCUT2D eigenvalue weighted by Gasteiger charge is 2.34. The summed E-state index contributed by atoms with van der Waals surface area (Å²) >= 11 is 2.23. The van der Waals surface area contributed by atoms with Crippen LogP contribution in [0.15, 0.2) is 78.2 Å². The Morgan fingerprint density at radius 1 is 1.03 bits per heavy atom.